The molecule has 2 heterocycles. The van der Waals surface area contributed by atoms with Crippen molar-refractivity contribution in [1.29, 1.82) is 0 Å². The second-order valence-electron chi connectivity index (χ2n) is 2.99. The van der Waals surface area contributed by atoms with Crippen LogP contribution in [0.4, 0.5) is 0 Å². The molecular weight excluding hydrogens is 184 g/mol. The Labute approximate surface area is 81.9 Å². The third-order valence-electron chi connectivity index (χ3n) is 1.98. The average molecular weight is 196 g/mol. The van der Waals surface area contributed by atoms with Gasteiger partial charge in [-0.05, 0) is 12.8 Å². The van der Waals surface area contributed by atoms with Gasteiger partial charge in [-0.2, -0.15) is 0 Å². The van der Waals surface area contributed by atoms with Gasteiger partial charge in [0.05, 0.1) is 12.3 Å². The quantitative estimate of drug-likeness (QED) is 0.690. The molecule has 0 aliphatic carbocycles. The van der Waals surface area contributed by atoms with Gasteiger partial charge in [0.25, 0.3) is 0 Å². The molecule has 1 aliphatic heterocycles. The Hall–Kier alpha value is -0.610. The smallest absolute Gasteiger partial charge is 0.114 e. The third kappa shape index (κ3) is 2.67. The summed E-state index contributed by atoms with van der Waals surface area (Å²) in [6.07, 6.45) is 8.01. The van der Waals surface area contributed by atoms with Crippen molar-refractivity contribution < 1.29 is 4.74 Å². The van der Waals surface area contributed by atoms with Crippen molar-refractivity contribution in [3.8, 4) is 0 Å². The Kier molecular flexibility index (Phi) is 3.16. The van der Waals surface area contributed by atoms with Crippen LogP contribution in [0.15, 0.2) is 23.6 Å². The largest absolute Gasteiger partial charge is 0.377 e. The van der Waals surface area contributed by atoms with Crippen molar-refractivity contribution in [2.24, 2.45) is 0 Å². The molecule has 0 bridgehead atoms. The van der Waals surface area contributed by atoms with Crippen LogP contribution in [0, 0.1) is 0 Å². The van der Waals surface area contributed by atoms with Crippen molar-refractivity contribution in [3.63, 3.8) is 0 Å². The second kappa shape index (κ2) is 4.58. The number of thioether (sulfide) groups is 1. The molecule has 1 aromatic heterocycles. The van der Waals surface area contributed by atoms with Gasteiger partial charge in [0.1, 0.15) is 5.03 Å². The highest BCUT2D eigenvalue weighted by molar-refractivity contribution is 7.99. The van der Waals surface area contributed by atoms with Gasteiger partial charge in [-0.1, -0.05) is 0 Å². The summed E-state index contributed by atoms with van der Waals surface area (Å²) in [5.74, 6) is 0.999. The fraction of sp³-hybridized carbons (Fsp3) is 0.556. The van der Waals surface area contributed by atoms with E-state index in [1.54, 1.807) is 30.4 Å². The zero-order chi connectivity index (χ0) is 8.93. The van der Waals surface area contributed by atoms with Crippen molar-refractivity contribution in [2.75, 3.05) is 12.4 Å². The highest BCUT2D eigenvalue weighted by Gasteiger charge is 2.15. The van der Waals surface area contributed by atoms with Gasteiger partial charge in [0.15, 0.2) is 0 Å². The van der Waals surface area contributed by atoms with Gasteiger partial charge in [-0.25, -0.2) is 4.98 Å². The molecule has 0 N–H and O–H groups in total. The van der Waals surface area contributed by atoms with E-state index >= 15 is 0 Å². The third-order valence-corrected chi connectivity index (χ3v) is 3.03. The van der Waals surface area contributed by atoms with Crippen molar-refractivity contribution in [1.82, 2.24) is 9.97 Å². The van der Waals surface area contributed by atoms with Gasteiger partial charge in [0, 0.05) is 24.8 Å². The SMILES string of the molecule is c1cnc(SCC2CCCO2)cn1. The molecule has 4 heteroatoms. The zero-order valence-electron chi connectivity index (χ0n) is 7.35. The van der Waals surface area contributed by atoms with Gasteiger partial charge < -0.3 is 4.74 Å². The lowest BCUT2D eigenvalue weighted by Gasteiger charge is -2.06. The van der Waals surface area contributed by atoms with Crippen LogP contribution in [0.25, 0.3) is 0 Å². The maximum atomic E-state index is 5.51. The van der Waals surface area contributed by atoms with Gasteiger partial charge in [0.2, 0.25) is 0 Å². The van der Waals surface area contributed by atoms with Crippen LogP contribution in [0.2, 0.25) is 0 Å². The first-order valence-corrected chi connectivity index (χ1v) is 5.44. The van der Waals surface area contributed by atoms with E-state index in [0.29, 0.717) is 6.10 Å². The fourth-order valence-electron chi connectivity index (χ4n) is 1.31. The molecule has 2 rings (SSSR count). The van der Waals surface area contributed by atoms with Gasteiger partial charge in [-0.3, -0.25) is 4.98 Å². The first kappa shape index (κ1) is 8.97. The Morgan fingerprint density at radius 2 is 2.54 bits per heavy atom. The summed E-state index contributed by atoms with van der Waals surface area (Å²) in [5, 5.41) is 0.984. The minimum atomic E-state index is 0.423. The molecule has 1 unspecified atom stereocenters. The topological polar surface area (TPSA) is 35.0 Å². The summed E-state index contributed by atoms with van der Waals surface area (Å²) in [5.41, 5.74) is 0. The van der Waals surface area contributed by atoms with E-state index in [-0.39, 0.29) is 0 Å². The molecule has 0 saturated carbocycles. The summed E-state index contributed by atoms with van der Waals surface area (Å²) in [4.78, 5) is 8.19. The van der Waals surface area contributed by atoms with Crippen LogP contribution in [-0.2, 0) is 4.74 Å². The molecule has 0 amide bonds. The Morgan fingerprint density at radius 3 is 3.23 bits per heavy atom. The number of ether oxygens (including phenoxy) is 1. The van der Waals surface area contributed by atoms with E-state index < -0.39 is 0 Å². The molecule has 3 nitrogen and oxygen atoms in total. The number of hydrogen-bond acceptors (Lipinski definition) is 4. The lowest BCUT2D eigenvalue weighted by atomic mass is 10.3. The molecule has 70 valence electrons. The number of hydrogen-bond donors (Lipinski definition) is 0. The highest BCUT2D eigenvalue weighted by Crippen LogP contribution is 2.21. The normalized spacial score (nSPS) is 22.0. The molecule has 0 spiro atoms. The van der Waals surface area contributed by atoms with Crippen LogP contribution in [0.3, 0.4) is 0 Å². The van der Waals surface area contributed by atoms with Gasteiger partial charge >= 0.3 is 0 Å². The molecule has 1 saturated heterocycles. The summed E-state index contributed by atoms with van der Waals surface area (Å²) in [6, 6.07) is 0. The maximum Gasteiger partial charge on any atom is 0.114 e. The van der Waals surface area contributed by atoms with Crippen LogP contribution in [-0.4, -0.2) is 28.4 Å². The van der Waals surface area contributed by atoms with Crippen molar-refractivity contribution >= 4 is 11.8 Å². The van der Waals surface area contributed by atoms with Crippen LogP contribution in [0.1, 0.15) is 12.8 Å². The first-order valence-electron chi connectivity index (χ1n) is 4.45. The molecule has 1 aromatic rings. The second-order valence-corrected chi connectivity index (χ2v) is 4.03. The van der Waals surface area contributed by atoms with E-state index in [2.05, 4.69) is 9.97 Å². The van der Waals surface area contributed by atoms with Crippen LogP contribution in [0.5, 0.6) is 0 Å². The predicted octanol–water partition coefficient (Wildman–Crippen LogP) is 1.75. The first-order chi connectivity index (χ1) is 6.45. The van der Waals surface area contributed by atoms with E-state index in [0.717, 1.165) is 17.4 Å². The van der Waals surface area contributed by atoms with Crippen molar-refractivity contribution in [3.05, 3.63) is 18.6 Å². The highest BCUT2D eigenvalue weighted by atomic mass is 32.2. The zero-order valence-corrected chi connectivity index (χ0v) is 8.17. The Morgan fingerprint density at radius 1 is 1.54 bits per heavy atom. The summed E-state index contributed by atoms with van der Waals surface area (Å²) < 4.78 is 5.51. The van der Waals surface area contributed by atoms with Gasteiger partial charge in [-0.15, -0.1) is 11.8 Å². The van der Waals surface area contributed by atoms with E-state index in [4.69, 9.17) is 4.74 Å². The molecule has 1 fully saturated rings. The number of rotatable bonds is 3. The van der Waals surface area contributed by atoms with Crippen LogP contribution < -0.4 is 0 Å². The van der Waals surface area contributed by atoms with E-state index in [9.17, 15) is 0 Å². The minimum absolute atomic E-state index is 0.423. The molecule has 1 aliphatic rings. The Bertz CT molecular complexity index is 249. The monoisotopic (exact) mass is 196 g/mol. The summed E-state index contributed by atoms with van der Waals surface area (Å²) in [7, 11) is 0. The number of aromatic nitrogens is 2. The summed E-state index contributed by atoms with van der Waals surface area (Å²) in [6.45, 7) is 0.922. The molecule has 0 aromatic carbocycles. The molecular formula is C9H12N2OS. The average Bonchev–Trinajstić information content (AvgIpc) is 2.69. The van der Waals surface area contributed by atoms with E-state index in [1.807, 2.05) is 0 Å². The molecule has 0 radical (unpaired) electrons. The van der Waals surface area contributed by atoms with Crippen LogP contribution >= 0.6 is 11.8 Å². The maximum absolute atomic E-state index is 5.51. The minimum Gasteiger partial charge on any atom is -0.377 e. The standard InChI is InChI=1S/C9H12N2OS/c1-2-8(12-5-1)7-13-9-6-10-3-4-11-9/h3-4,6,8H,1-2,5,7H2. The lowest BCUT2D eigenvalue weighted by molar-refractivity contribution is 0.129. The summed E-state index contributed by atoms with van der Waals surface area (Å²) >= 11 is 1.72. The number of nitrogens with zero attached hydrogens (tertiary/aromatic N) is 2. The fourth-order valence-corrected chi connectivity index (χ4v) is 2.20. The van der Waals surface area contributed by atoms with E-state index in [1.165, 1.54) is 12.8 Å². The molecule has 13 heavy (non-hydrogen) atoms. The molecule has 1 atom stereocenters. The predicted molar refractivity (Wildman–Crippen MR) is 51.7 cm³/mol. The van der Waals surface area contributed by atoms with Crippen molar-refractivity contribution in [2.45, 2.75) is 24.0 Å². The Balaban J connectivity index is 1.79. The lowest BCUT2D eigenvalue weighted by Crippen LogP contribution is -2.07.